The Morgan fingerprint density at radius 2 is 2.31 bits per heavy atom. The van der Waals surface area contributed by atoms with Crippen LogP contribution in [-0.4, -0.2) is 39.7 Å². The van der Waals surface area contributed by atoms with Crippen molar-refractivity contribution < 1.29 is 9.84 Å². The van der Waals surface area contributed by atoms with Crippen molar-refractivity contribution in [2.75, 3.05) is 19.0 Å². The first kappa shape index (κ1) is 18.5. The molecule has 1 saturated heterocycles. The summed E-state index contributed by atoms with van der Waals surface area (Å²) >= 11 is 3.28. The van der Waals surface area contributed by atoms with Gasteiger partial charge < -0.3 is 9.84 Å². The molecule has 3 heterocycles. The lowest BCUT2D eigenvalue weighted by atomic mass is 9.89. The number of aromatic nitrogens is 2. The van der Waals surface area contributed by atoms with Crippen molar-refractivity contribution >= 4 is 33.3 Å². The summed E-state index contributed by atoms with van der Waals surface area (Å²) in [6.45, 7) is 3.82. The van der Waals surface area contributed by atoms with Crippen LogP contribution in [0.2, 0.25) is 0 Å². The molecule has 7 heteroatoms. The van der Waals surface area contributed by atoms with Gasteiger partial charge in [-0.2, -0.15) is 0 Å². The fourth-order valence-corrected chi connectivity index (χ4v) is 6.25. The first-order valence-corrected chi connectivity index (χ1v) is 11.4. The molecule has 1 N–H and O–H groups in total. The monoisotopic (exact) mass is 394 g/mol. The van der Waals surface area contributed by atoms with E-state index >= 15 is 0 Å². The lowest BCUT2D eigenvalue weighted by Gasteiger charge is -2.18. The second-order valence-electron chi connectivity index (χ2n) is 7.40. The molecule has 26 heavy (non-hydrogen) atoms. The summed E-state index contributed by atoms with van der Waals surface area (Å²) in [5.74, 6) is 1.45. The highest BCUT2D eigenvalue weighted by molar-refractivity contribution is 7.99. The minimum atomic E-state index is 0.101. The van der Waals surface area contributed by atoms with Crippen molar-refractivity contribution in [3.8, 4) is 0 Å². The predicted molar refractivity (Wildman–Crippen MR) is 106 cm³/mol. The zero-order valence-electron chi connectivity index (χ0n) is 15.2. The summed E-state index contributed by atoms with van der Waals surface area (Å²) in [7, 11) is 0. The van der Waals surface area contributed by atoms with Gasteiger partial charge in [-0.1, -0.05) is 18.7 Å². The highest BCUT2D eigenvalue weighted by atomic mass is 32.2. The van der Waals surface area contributed by atoms with E-state index in [0.29, 0.717) is 18.9 Å². The molecule has 4 rings (SSSR count). The fraction of sp³-hybridized carbons (Fsp3) is 0.684. The summed E-state index contributed by atoms with van der Waals surface area (Å²) in [4.78, 5) is 20.5. The summed E-state index contributed by atoms with van der Waals surface area (Å²) in [6.07, 6.45) is 6.09. The third-order valence-corrected chi connectivity index (χ3v) is 7.53. The van der Waals surface area contributed by atoms with Gasteiger partial charge in [0.05, 0.1) is 18.0 Å². The van der Waals surface area contributed by atoms with Crippen LogP contribution in [0.5, 0.6) is 0 Å². The van der Waals surface area contributed by atoms with Crippen LogP contribution in [-0.2, 0) is 24.1 Å². The number of aryl methyl sites for hydroxylation is 1. The molecule has 0 saturated carbocycles. The Bertz CT molecular complexity index is 839. The quantitative estimate of drug-likeness (QED) is 0.463. The lowest BCUT2D eigenvalue weighted by Crippen LogP contribution is -2.29. The summed E-state index contributed by atoms with van der Waals surface area (Å²) in [5.41, 5.74) is 1.35. The number of ether oxygens (including phenoxy) is 1. The minimum Gasteiger partial charge on any atom is -0.396 e. The van der Waals surface area contributed by atoms with Crippen LogP contribution in [0.1, 0.15) is 43.0 Å². The van der Waals surface area contributed by atoms with Gasteiger partial charge in [-0.05, 0) is 50.0 Å². The normalized spacial score (nSPS) is 22.8. The van der Waals surface area contributed by atoms with E-state index in [-0.39, 0.29) is 18.3 Å². The molecular weight excluding hydrogens is 368 g/mol. The van der Waals surface area contributed by atoms with Gasteiger partial charge in [-0.3, -0.25) is 9.36 Å². The minimum absolute atomic E-state index is 0.101. The molecule has 1 aliphatic heterocycles. The molecule has 2 atom stereocenters. The van der Waals surface area contributed by atoms with Crippen molar-refractivity contribution in [1.29, 1.82) is 0 Å². The lowest BCUT2D eigenvalue weighted by molar-refractivity contribution is 0.0937. The first-order valence-electron chi connectivity index (χ1n) is 9.57. The van der Waals surface area contributed by atoms with Crippen LogP contribution in [0.3, 0.4) is 0 Å². The third kappa shape index (κ3) is 3.59. The zero-order valence-corrected chi connectivity index (χ0v) is 16.8. The molecule has 0 bridgehead atoms. The summed E-state index contributed by atoms with van der Waals surface area (Å²) in [6, 6.07) is 0. The van der Waals surface area contributed by atoms with Gasteiger partial charge in [0.1, 0.15) is 4.83 Å². The van der Waals surface area contributed by atoms with E-state index in [4.69, 9.17) is 14.8 Å². The average molecular weight is 395 g/mol. The molecule has 1 fully saturated rings. The Morgan fingerprint density at radius 1 is 1.42 bits per heavy atom. The number of aliphatic hydroxyl groups is 1. The summed E-state index contributed by atoms with van der Waals surface area (Å²) in [5, 5.41) is 10.7. The molecule has 2 unspecified atom stereocenters. The number of rotatable bonds is 6. The Morgan fingerprint density at radius 3 is 3.08 bits per heavy atom. The van der Waals surface area contributed by atoms with Crippen LogP contribution < -0.4 is 5.56 Å². The molecule has 2 aromatic heterocycles. The van der Waals surface area contributed by atoms with E-state index in [0.717, 1.165) is 59.8 Å². The Labute approximate surface area is 161 Å². The van der Waals surface area contributed by atoms with Crippen molar-refractivity contribution in [3.63, 3.8) is 0 Å². The Balaban J connectivity index is 1.77. The number of nitrogens with zero attached hydrogens (tertiary/aromatic N) is 2. The number of hydrogen-bond donors (Lipinski definition) is 1. The third-order valence-electron chi connectivity index (χ3n) is 5.32. The van der Waals surface area contributed by atoms with Crippen LogP contribution >= 0.6 is 23.1 Å². The van der Waals surface area contributed by atoms with Crippen LogP contribution in [0.15, 0.2) is 9.95 Å². The molecule has 5 nitrogen and oxygen atoms in total. The Hall–Kier alpha value is -0.890. The number of thiophene rings is 1. The van der Waals surface area contributed by atoms with Gasteiger partial charge in [-0.15, -0.1) is 11.3 Å². The molecule has 0 amide bonds. The van der Waals surface area contributed by atoms with Crippen LogP contribution in [0, 0.1) is 5.92 Å². The maximum atomic E-state index is 13.4. The summed E-state index contributed by atoms with van der Waals surface area (Å²) < 4.78 is 7.62. The van der Waals surface area contributed by atoms with Gasteiger partial charge in [0.25, 0.3) is 5.56 Å². The molecule has 0 aromatic carbocycles. The number of thioether (sulfide) groups is 1. The maximum absolute atomic E-state index is 13.4. The Kier molecular flexibility index (Phi) is 5.69. The standard InChI is InChI=1S/C19H26N2O3S2/c1-12-5-6-14-15(10-12)26-17-16(14)18(23)21(11-13-4-2-8-24-13)19(20-17)25-9-3-7-22/h12-13,22H,2-11H2,1H3. The molecule has 142 valence electrons. The van der Waals surface area contributed by atoms with Gasteiger partial charge >= 0.3 is 0 Å². The maximum Gasteiger partial charge on any atom is 0.263 e. The zero-order chi connectivity index (χ0) is 18.1. The van der Waals surface area contributed by atoms with Crippen molar-refractivity contribution in [2.45, 2.75) is 63.3 Å². The smallest absolute Gasteiger partial charge is 0.263 e. The molecule has 0 spiro atoms. The molecular formula is C19H26N2O3S2. The first-order chi connectivity index (χ1) is 12.7. The van der Waals surface area contributed by atoms with Crippen LogP contribution in [0.25, 0.3) is 10.2 Å². The van der Waals surface area contributed by atoms with Gasteiger partial charge in [0.2, 0.25) is 0 Å². The topological polar surface area (TPSA) is 64.3 Å². The molecule has 0 radical (unpaired) electrons. The van der Waals surface area contributed by atoms with E-state index in [1.54, 1.807) is 23.1 Å². The van der Waals surface area contributed by atoms with Crippen LogP contribution in [0.4, 0.5) is 0 Å². The van der Waals surface area contributed by atoms with E-state index in [9.17, 15) is 4.79 Å². The van der Waals surface area contributed by atoms with Crippen molar-refractivity contribution in [1.82, 2.24) is 9.55 Å². The van der Waals surface area contributed by atoms with E-state index in [1.807, 2.05) is 4.57 Å². The van der Waals surface area contributed by atoms with Gasteiger partial charge in [0, 0.05) is 23.8 Å². The molecule has 2 aromatic rings. The molecule has 2 aliphatic rings. The highest BCUT2D eigenvalue weighted by Gasteiger charge is 2.26. The predicted octanol–water partition coefficient (Wildman–Crippen LogP) is 3.24. The highest BCUT2D eigenvalue weighted by Crippen LogP contribution is 2.36. The number of hydrogen-bond acceptors (Lipinski definition) is 6. The molecule has 1 aliphatic carbocycles. The van der Waals surface area contributed by atoms with Crippen molar-refractivity contribution in [2.24, 2.45) is 5.92 Å². The number of fused-ring (bicyclic) bond motifs is 3. The number of aliphatic hydroxyl groups excluding tert-OH is 1. The SMILES string of the molecule is CC1CCc2c(sc3nc(SCCCO)n(CC4CCCO4)c(=O)c23)C1. The second kappa shape index (κ2) is 8.00. The van der Waals surface area contributed by atoms with Gasteiger partial charge in [-0.25, -0.2) is 4.98 Å². The fourth-order valence-electron chi connectivity index (χ4n) is 3.90. The largest absolute Gasteiger partial charge is 0.396 e. The van der Waals surface area contributed by atoms with E-state index < -0.39 is 0 Å². The van der Waals surface area contributed by atoms with E-state index in [2.05, 4.69) is 6.92 Å². The van der Waals surface area contributed by atoms with E-state index in [1.165, 1.54) is 10.4 Å². The van der Waals surface area contributed by atoms with Crippen molar-refractivity contribution in [3.05, 3.63) is 20.8 Å². The average Bonchev–Trinajstić information content (AvgIpc) is 3.25. The van der Waals surface area contributed by atoms with Gasteiger partial charge in [0.15, 0.2) is 5.16 Å². The second-order valence-corrected chi connectivity index (χ2v) is 9.55.